The molecule has 0 aliphatic carbocycles. The molecule has 240 valence electrons. The lowest BCUT2D eigenvalue weighted by molar-refractivity contribution is -0.221. The lowest BCUT2D eigenvalue weighted by atomic mass is 10.0. The van der Waals surface area contributed by atoms with Crippen molar-refractivity contribution in [1.82, 2.24) is 0 Å². The molecule has 0 aromatic heterocycles. The van der Waals surface area contributed by atoms with Gasteiger partial charge in [0, 0.05) is 32.8 Å². The Balaban J connectivity index is 2.91. The Kier molecular flexibility index (Phi) is 17.8. The van der Waals surface area contributed by atoms with E-state index in [1.165, 1.54) is 0 Å². The highest BCUT2D eigenvalue weighted by atomic mass is 28.4. The van der Waals surface area contributed by atoms with Gasteiger partial charge in [-0.3, -0.25) is 0 Å². The zero-order valence-electron chi connectivity index (χ0n) is 27.5. The first-order valence-corrected chi connectivity index (χ1v) is 17.8. The van der Waals surface area contributed by atoms with Crippen molar-refractivity contribution in [3.8, 4) is 0 Å². The molecule has 1 heterocycles. The van der Waals surface area contributed by atoms with Gasteiger partial charge < -0.3 is 37.6 Å². The van der Waals surface area contributed by atoms with Crippen molar-refractivity contribution in [3.63, 3.8) is 0 Å². The van der Waals surface area contributed by atoms with Gasteiger partial charge in [-0.2, -0.15) is 0 Å². The van der Waals surface area contributed by atoms with E-state index >= 15 is 0 Å². The highest BCUT2D eigenvalue weighted by Crippen LogP contribution is 2.38. The van der Waals surface area contributed by atoms with Crippen molar-refractivity contribution in [3.05, 3.63) is 23.8 Å². The summed E-state index contributed by atoms with van der Waals surface area (Å²) in [4.78, 5) is 11.8. The molecule has 0 aromatic carbocycles. The van der Waals surface area contributed by atoms with Gasteiger partial charge in [0.15, 0.2) is 14.6 Å². The van der Waals surface area contributed by atoms with Crippen LogP contribution in [0.1, 0.15) is 80.6 Å². The summed E-state index contributed by atoms with van der Waals surface area (Å²) in [5.41, 5.74) is 0.926. The molecule has 1 saturated heterocycles. The van der Waals surface area contributed by atoms with Gasteiger partial charge in [-0.05, 0) is 71.5 Å². The van der Waals surface area contributed by atoms with E-state index < -0.39 is 8.32 Å². The van der Waals surface area contributed by atoms with Crippen molar-refractivity contribution < 1.29 is 42.4 Å². The lowest BCUT2D eigenvalue weighted by Gasteiger charge is -2.40. The van der Waals surface area contributed by atoms with E-state index in [9.17, 15) is 4.79 Å². The number of rotatable bonds is 19. The minimum Gasteiger partial charge on any atom is -0.463 e. The Hall–Kier alpha value is -1.11. The zero-order valence-corrected chi connectivity index (χ0v) is 28.5. The van der Waals surface area contributed by atoms with Crippen LogP contribution in [0.15, 0.2) is 23.8 Å². The summed E-state index contributed by atoms with van der Waals surface area (Å²) in [5, 5.41) is 0.0855. The first-order valence-electron chi connectivity index (χ1n) is 14.9. The third kappa shape index (κ3) is 15.8. The predicted octanol–water partition coefficient (Wildman–Crippen LogP) is 6.52. The molecule has 0 amide bonds. The number of hydrogen-bond donors (Lipinski definition) is 0. The first-order chi connectivity index (χ1) is 19.2. The SMILES string of the molecule is CCOC(=O)/C=C(/C)C[C@H]1C[C@@H](/C=C/C[C@@H](C[C@H](C[C@@H](C)OCOC)O[Si](C)(C)C(C)(C)C)OCOC)O[C@@H](C)O1. The molecular weight excluding hydrogens is 544 g/mol. The van der Waals surface area contributed by atoms with Crippen LogP contribution in [0.25, 0.3) is 0 Å². The third-order valence-electron chi connectivity index (χ3n) is 7.48. The molecule has 0 saturated carbocycles. The van der Waals surface area contributed by atoms with Gasteiger partial charge in [-0.25, -0.2) is 4.79 Å². The summed E-state index contributed by atoms with van der Waals surface area (Å²) in [5.74, 6) is -0.320. The summed E-state index contributed by atoms with van der Waals surface area (Å²) in [6.45, 7) is 19.8. The normalized spacial score (nSPS) is 23.0. The average molecular weight is 603 g/mol. The zero-order chi connectivity index (χ0) is 31.1. The molecule has 1 aliphatic rings. The summed E-state index contributed by atoms with van der Waals surface area (Å²) in [6, 6.07) is 0. The van der Waals surface area contributed by atoms with Gasteiger partial charge in [-0.1, -0.05) is 38.5 Å². The second-order valence-electron chi connectivity index (χ2n) is 12.4. The molecule has 9 nitrogen and oxygen atoms in total. The second kappa shape index (κ2) is 19.2. The molecule has 0 bridgehead atoms. The Morgan fingerprint density at radius 3 is 2.32 bits per heavy atom. The molecule has 1 fully saturated rings. The van der Waals surface area contributed by atoms with Crippen LogP contribution in [-0.4, -0.2) is 85.5 Å². The summed E-state index contributed by atoms with van der Waals surface area (Å²) >= 11 is 0. The summed E-state index contributed by atoms with van der Waals surface area (Å²) in [6.07, 6.45) is 8.62. The fourth-order valence-electron chi connectivity index (χ4n) is 4.46. The minimum absolute atomic E-state index is 0.0151. The van der Waals surface area contributed by atoms with E-state index in [2.05, 4.69) is 52.9 Å². The molecular formula is C31H58O9Si. The number of hydrogen-bond acceptors (Lipinski definition) is 9. The lowest BCUT2D eigenvalue weighted by Crippen LogP contribution is -2.45. The van der Waals surface area contributed by atoms with Crippen LogP contribution >= 0.6 is 0 Å². The van der Waals surface area contributed by atoms with Crippen LogP contribution in [0.3, 0.4) is 0 Å². The Morgan fingerprint density at radius 1 is 1.05 bits per heavy atom. The molecule has 0 spiro atoms. The monoisotopic (exact) mass is 602 g/mol. The summed E-state index contributed by atoms with van der Waals surface area (Å²) in [7, 11) is 1.24. The maximum Gasteiger partial charge on any atom is 0.330 e. The van der Waals surface area contributed by atoms with E-state index in [4.69, 9.17) is 37.6 Å². The van der Waals surface area contributed by atoms with Gasteiger partial charge in [0.25, 0.3) is 0 Å². The van der Waals surface area contributed by atoms with Crippen LogP contribution in [-0.2, 0) is 42.4 Å². The maximum atomic E-state index is 11.8. The van der Waals surface area contributed by atoms with Crippen LogP contribution in [0.2, 0.25) is 18.1 Å². The number of ether oxygens (including phenoxy) is 7. The molecule has 0 N–H and O–H groups in total. The highest BCUT2D eigenvalue weighted by Gasteiger charge is 2.40. The van der Waals surface area contributed by atoms with Crippen molar-refractivity contribution >= 4 is 14.3 Å². The molecule has 1 aliphatic heterocycles. The Bertz CT molecular complexity index is 793. The quantitative estimate of drug-likeness (QED) is 0.0539. The number of carbonyl (C=O) groups is 1. The van der Waals surface area contributed by atoms with E-state index in [-0.39, 0.29) is 61.4 Å². The van der Waals surface area contributed by atoms with E-state index in [1.807, 2.05) is 13.8 Å². The third-order valence-corrected chi connectivity index (χ3v) is 12.0. The maximum absolute atomic E-state index is 11.8. The van der Waals surface area contributed by atoms with Gasteiger partial charge in [-0.15, -0.1) is 0 Å². The number of esters is 1. The van der Waals surface area contributed by atoms with Crippen molar-refractivity contribution in [1.29, 1.82) is 0 Å². The van der Waals surface area contributed by atoms with Gasteiger partial charge >= 0.3 is 5.97 Å². The first kappa shape index (κ1) is 37.9. The van der Waals surface area contributed by atoms with Crippen LogP contribution in [0.5, 0.6) is 0 Å². The predicted molar refractivity (Wildman–Crippen MR) is 163 cm³/mol. The van der Waals surface area contributed by atoms with Crippen molar-refractivity contribution in [2.45, 2.75) is 136 Å². The molecule has 1 rings (SSSR count). The van der Waals surface area contributed by atoms with E-state index in [0.29, 0.717) is 32.3 Å². The van der Waals surface area contributed by atoms with Crippen LogP contribution in [0.4, 0.5) is 0 Å². The van der Waals surface area contributed by atoms with E-state index in [1.54, 1.807) is 27.2 Å². The molecule has 0 radical (unpaired) electrons. The Morgan fingerprint density at radius 2 is 1.71 bits per heavy atom. The summed E-state index contributed by atoms with van der Waals surface area (Å²) < 4.78 is 46.1. The van der Waals surface area contributed by atoms with Gasteiger partial charge in [0.05, 0.1) is 31.0 Å². The molecule has 41 heavy (non-hydrogen) atoms. The number of methoxy groups -OCH3 is 2. The fourth-order valence-corrected chi connectivity index (χ4v) is 5.84. The van der Waals surface area contributed by atoms with Crippen LogP contribution < -0.4 is 0 Å². The largest absolute Gasteiger partial charge is 0.463 e. The molecule has 6 atom stereocenters. The molecule has 10 heteroatoms. The Labute approximate surface area is 250 Å². The van der Waals surface area contributed by atoms with Crippen molar-refractivity contribution in [2.24, 2.45) is 0 Å². The smallest absolute Gasteiger partial charge is 0.330 e. The van der Waals surface area contributed by atoms with Crippen molar-refractivity contribution in [2.75, 3.05) is 34.4 Å². The van der Waals surface area contributed by atoms with Gasteiger partial charge in [0.1, 0.15) is 13.6 Å². The number of carbonyl (C=O) groups excluding carboxylic acids is 1. The van der Waals surface area contributed by atoms with Crippen LogP contribution in [0, 0.1) is 0 Å². The van der Waals surface area contributed by atoms with Gasteiger partial charge in [0.2, 0.25) is 0 Å². The van der Waals surface area contributed by atoms with E-state index in [0.717, 1.165) is 12.0 Å². The standard InChI is InChI=1S/C31H58O9Si/c1-12-35-30(32)17-23(2)16-28-20-27(38-25(4)39-28)15-13-14-26(37-22-34-9)19-29(18-24(3)36-21-33-8)40-41(10,11)31(5,6)7/h13,15,17,24-29H,12,14,16,18-22H2,1-11H3/b15-13+,23-17-/t24-,25-,26+,27-,28+,29+/m1/s1. The fraction of sp³-hybridized carbons (Fsp3) is 0.839. The topological polar surface area (TPSA) is 90.9 Å². The minimum atomic E-state index is -2.03. The molecule has 0 unspecified atom stereocenters. The highest BCUT2D eigenvalue weighted by molar-refractivity contribution is 6.74. The second-order valence-corrected chi connectivity index (χ2v) is 17.2. The average Bonchev–Trinajstić information content (AvgIpc) is 2.84. The molecule has 0 aromatic rings.